The molecule has 2 aliphatic rings. The Labute approximate surface area is 194 Å². The smallest absolute Gasteiger partial charge is 0.282 e. The highest BCUT2D eigenvalue weighted by Gasteiger charge is 2.45. The van der Waals surface area contributed by atoms with E-state index in [1.54, 1.807) is 37.4 Å². The Bertz CT molecular complexity index is 1080. The number of nitrogens with zero attached hydrogens (tertiary/aromatic N) is 2. The lowest BCUT2D eigenvalue weighted by Gasteiger charge is -2.34. The molecule has 2 amide bonds. The van der Waals surface area contributed by atoms with E-state index in [-0.39, 0.29) is 24.5 Å². The highest BCUT2D eigenvalue weighted by Crippen LogP contribution is 2.41. The summed E-state index contributed by atoms with van der Waals surface area (Å²) < 4.78 is 11.5. The molecule has 174 valence electrons. The van der Waals surface area contributed by atoms with Gasteiger partial charge in [-0.3, -0.25) is 9.59 Å². The fourth-order valence-corrected chi connectivity index (χ4v) is 4.54. The standard InChI is InChI=1S/C26H30N2O5/c1-17(2)33-22-13-7-5-11-20(22)28-25(30)23(19-10-4-6-12-21(19)32-3)24(26(28)31)27-14-8-9-18(15-27)16-29/h4-7,10-13,17-18,29H,8-9,14-16H2,1-3H3. The van der Waals surface area contributed by atoms with Crippen molar-refractivity contribution >= 4 is 23.1 Å². The topological polar surface area (TPSA) is 79.3 Å². The van der Waals surface area contributed by atoms with Gasteiger partial charge in [0.05, 0.1) is 24.5 Å². The first-order chi connectivity index (χ1) is 16.0. The monoisotopic (exact) mass is 450 g/mol. The van der Waals surface area contributed by atoms with E-state index in [1.165, 1.54) is 4.90 Å². The Kier molecular flexibility index (Phi) is 6.70. The minimum atomic E-state index is -0.412. The van der Waals surface area contributed by atoms with Gasteiger partial charge in [0.15, 0.2) is 0 Å². The molecule has 7 nitrogen and oxygen atoms in total. The fraction of sp³-hybridized carbons (Fsp3) is 0.385. The van der Waals surface area contributed by atoms with Gasteiger partial charge in [0, 0.05) is 25.3 Å². The molecule has 1 saturated heterocycles. The molecule has 1 unspecified atom stereocenters. The van der Waals surface area contributed by atoms with Gasteiger partial charge < -0.3 is 19.5 Å². The van der Waals surface area contributed by atoms with Crippen LogP contribution in [0.25, 0.3) is 5.57 Å². The van der Waals surface area contributed by atoms with E-state index in [4.69, 9.17) is 9.47 Å². The number of imide groups is 1. The quantitative estimate of drug-likeness (QED) is 0.651. The van der Waals surface area contributed by atoms with E-state index < -0.39 is 5.91 Å². The summed E-state index contributed by atoms with van der Waals surface area (Å²) in [6.45, 7) is 5.00. The number of aliphatic hydroxyl groups excluding tert-OH is 1. The molecular weight excluding hydrogens is 420 g/mol. The van der Waals surface area contributed by atoms with Crippen molar-refractivity contribution in [2.24, 2.45) is 5.92 Å². The van der Waals surface area contributed by atoms with Gasteiger partial charge in [-0.05, 0) is 50.8 Å². The summed E-state index contributed by atoms with van der Waals surface area (Å²) in [5.41, 5.74) is 1.65. The Morgan fingerprint density at radius 3 is 2.42 bits per heavy atom. The number of methoxy groups -OCH3 is 1. The van der Waals surface area contributed by atoms with Crippen molar-refractivity contribution in [3.63, 3.8) is 0 Å². The van der Waals surface area contributed by atoms with E-state index in [0.717, 1.165) is 12.8 Å². The number of likely N-dealkylation sites (tertiary alicyclic amines) is 1. The van der Waals surface area contributed by atoms with Gasteiger partial charge in [0.2, 0.25) is 0 Å². The van der Waals surface area contributed by atoms with Crippen LogP contribution < -0.4 is 14.4 Å². The first-order valence-electron chi connectivity index (χ1n) is 11.3. The Morgan fingerprint density at radius 1 is 1.03 bits per heavy atom. The van der Waals surface area contributed by atoms with Crippen LogP contribution in [0.15, 0.2) is 54.2 Å². The number of ether oxygens (including phenoxy) is 2. The molecule has 33 heavy (non-hydrogen) atoms. The number of hydrogen-bond acceptors (Lipinski definition) is 6. The minimum absolute atomic E-state index is 0.0463. The van der Waals surface area contributed by atoms with Gasteiger partial charge in [-0.2, -0.15) is 0 Å². The number of carbonyl (C=O) groups excluding carboxylic acids is 2. The summed E-state index contributed by atoms with van der Waals surface area (Å²) in [4.78, 5) is 30.9. The number of para-hydroxylation sites is 3. The van der Waals surface area contributed by atoms with Crippen molar-refractivity contribution in [2.75, 3.05) is 31.7 Å². The zero-order chi connectivity index (χ0) is 23.5. The highest BCUT2D eigenvalue weighted by molar-refractivity contribution is 6.46. The zero-order valence-electron chi connectivity index (χ0n) is 19.3. The maximum Gasteiger partial charge on any atom is 0.282 e. The molecule has 1 N–H and O–H groups in total. The fourth-order valence-electron chi connectivity index (χ4n) is 4.54. The van der Waals surface area contributed by atoms with E-state index >= 15 is 0 Å². The predicted molar refractivity (Wildman–Crippen MR) is 126 cm³/mol. The predicted octanol–water partition coefficient (Wildman–Crippen LogP) is 3.47. The average Bonchev–Trinajstić information content (AvgIpc) is 3.08. The number of hydrogen-bond donors (Lipinski definition) is 1. The molecule has 0 aromatic heterocycles. The molecule has 0 aliphatic carbocycles. The number of carbonyl (C=O) groups is 2. The van der Waals surface area contributed by atoms with Crippen LogP contribution in [0.3, 0.4) is 0 Å². The van der Waals surface area contributed by atoms with Crippen LogP contribution in [0.2, 0.25) is 0 Å². The largest absolute Gasteiger partial charge is 0.496 e. The molecule has 1 fully saturated rings. The second-order valence-corrected chi connectivity index (χ2v) is 8.64. The highest BCUT2D eigenvalue weighted by atomic mass is 16.5. The third-order valence-electron chi connectivity index (χ3n) is 6.00. The molecule has 2 heterocycles. The number of piperidine rings is 1. The maximum atomic E-state index is 13.9. The Balaban J connectivity index is 1.85. The molecule has 0 spiro atoms. The van der Waals surface area contributed by atoms with Crippen molar-refractivity contribution in [1.82, 2.24) is 4.90 Å². The first kappa shape index (κ1) is 22.9. The molecule has 0 bridgehead atoms. The molecule has 0 radical (unpaired) electrons. The minimum Gasteiger partial charge on any atom is -0.496 e. The number of anilines is 1. The normalized spacial score (nSPS) is 19.0. The van der Waals surface area contributed by atoms with Crippen molar-refractivity contribution in [3.05, 3.63) is 59.8 Å². The lowest BCUT2D eigenvalue weighted by atomic mass is 9.96. The SMILES string of the molecule is COc1ccccc1C1=C(N2CCCC(CO)C2)C(=O)N(c2ccccc2OC(C)C)C1=O. The van der Waals surface area contributed by atoms with Crippen LogP contribution in [0.1, 0.15) is 32.3 Å². The number of amides is 2. The summed E-state index contributed by atoms with van der Waals surface area (Å²) in [5.74, 6) is 0.251. The van der Waals surface area contributed by atoms with Gasteiger partial charge in [0.1, 0.15) is 17.2 Å². The van der Waals surface area contributed by atoms with Gasteiger partial charge >= 0.3 is 0 Å². The van der Waals surface area contributed by atoms with Gasteiger partial charge in [0.25, 0.3) is 11.8 Å². The maximum absolute atomic E-state index is 13.9. The average molecular weight is 451 g/mol. The van der Waals surface area contributed by atoms with Gasteiger partial charge in [-0.15, -0.1) is 0 Å². The number of rotatable bonds is 7. The van der Waals surface area contributed by atoms with E-state index in [9.17, 15) is 14.7 Å². The van der Waals surface area contributed by atoms with E-state index in [2.05, 4.69) is 0 Å². The second-order valence-electron chi connectivity index (χ2n) is 8.64. The molecule has 2 aliphatic heterocycles. The Hall–Kier alpha value is -3.32. The number of aliphatic hydroxyl groups is 1. The van der Waals surface area contributed by atoms with Crippen LogP contribution in [0, 0.1) is 5.92 Å². The van der Waals surface area contributed by atoms with Crippen LogP contribution in [-0.2, 0) is 9.59 Å². The van der Waals surface area contributed by atoms with Crippen molar-refractivity contribution in [1.29, 1.82) is 0 Å². The summed E-state index contributed by atoms with van der Waals surface area (Å²) in [6.07, 6.45) is 1.61. The van der Waals surface area contributed by atoms with Crippen LogP contribution in [0.5, 0.6) is 11.5 Å². The lowest BCUT2D eigenvalue weighted by molar-refractivity contribution is -0.121. The van der Waals surface area contributed by atoms with E-state index in [0.29, 0.717) is 47.1 Å². The summed E-state index contributed by atoms with van der Waals surface area (Å²) in [6, 6.07) is 14.3. The van der Waals surface area contributed by atoms with Crippen molar-refractivity contribution in [3.8, 4) is 11.5 Å². The summed E-state index contributed by atoms with van der Waals surface area (Å²) in [5, 5.41) is 9.74. The third kappa shape index (κ3) is 4.33. The molecular formula is C26H30N2O5. The van der Waals surface area contributed by atoms with Crippen LogP contribution in [-0.4, -0.2) is 54.7 Å². The van der Waals surface area contributed by atoms with Crippen LogP contribution >= 0.6 is 0 Å². The van der Waals surface area contributed by atoms with Crippen molar-refractivity contribution < 1.29 is 24.2 Å². The summed E-state index contributed by atoms with van der Waals surface area (Å²) >= 11 is 0. The molecule has 2 aromatic carbocycles. The first-order valence-corrected chi connectivity index (χ1v) is 11.3. The third-order valence-corrected chi connectivity index (χ3v) is 6.00. The molecule has 4 rings (SSSR count). The van der Waals surface area contributed by atoms with E-state index in [1.807, 2.05) is 36.9 Å². The number of benzene rings is 2. The molecule has 0 saturated carbocycles. The van der Waals surface area contributed by atoms with Crippen LogP contribution in [0.4, 0.5) is 5.69 Å². The summed E-state index contributed by atoms with van der Waals surface area (Å²) in [7, 11) is 1.55. The zero-order valence-corrected chi connectivity index (χ0v) is 19.3. The van der Waals surface area contributed by atoms with Crippen molar-refractivity contribution in [2.45, 2.75) is 32.8 Å². The molecule has 1 atom stereocenters. The molecule has 2 aromatic rings. The Morgan fingerprint density at radius 2 is 1.73 bits per heavy atom. The second kappa shape index (κ2) is 9.67. The van der Waals surface area contributed by atoms with Gasteiger partial charge in [-0.25, -0.2) is 4.90 Å². The molecule has 7 heteroatoms. The lowest BCUT2D eigenvalue weighted by Crippen LogP contribution is -2.40. The van der Waals surface area contributed by atoms with Gasteiger partial charge in [-0.1, -0.05) is 30.3 Å².